The molecular weight excluding hydrogens is 300 g/mol. The summed E-state index contributed by atoms with van der Waals surface area (Å²) < 4.78 is 6.16. The van der Waals surface area contributed by atoms with E-state index in [4.69, 9.17) is 22.7 Å². The van der Waals surface area contributed by atoms with Crippen molar-refractivity contribution in [2.45, 2.75) is 43.8 Å². The van der Waals surface area contributed by atoms with E-state index in [1.54, 1.807) is 11.8 Å². The van der Waals surface area contributed by atoms with Gasteiger partial charge in [-0.15, -0.1) is 11.8 Å². The number of thioether (sulfide) groups is 1. The van der Waals surface area contributed by atoms with E-state index < -0.39 is 0 Å². The normalized spacial score (nSPS) is 20.3. The van der Waals surface area contributed by atoms with Gasteiger partial charge in [0.05, 0.1) is 11.2 Å². The molecule has 116 valence electrons. The lowest BCUT2D eigenvalue weighted by Crippen LogP contribution is -2.57. The minimum Gasteiger partial charge on any atom is -0.389 e. The Morgan fingerprint density at radius 3 is 2.29 bits per heavy atom. The van der Waals surface area contributed by atoms with Crippen molar-refractivity contribution >= 4 is 34.7 Å². The van der Waals surface area contributed by atoms with Gasteiger partial charge in [-0.3, -0.25) is 0 Å². The summed E-state index contributed by atoms with van der Waals surface area (Å²) in [5.41, 5.74) is 7.68. The zero-order chi connectivity index (χ0) is 15.8. The van der Waals surface area contributed by atoms with Gasteiger partial charge in [-0.2, -0.15) is 0 Å². The van der Waals surface area contributed by atoms with Crippen molar-refractivity contribution < 1.29 is 4.74 Å². The third-order valence-corrected chi connectivity index (χ3v) is 4.49. The summed E-state index contributed by atoms with van der Waals surface area (Å²) in [7, 11) is 0. The van der Waals surface area contributed by atoms with Gasteiger partial charge in [0.1, 0.15) is 4.99 Å². The van der Waals surface area contributed by atoms with Gasteiger partial charge in [-0.25, -0.2) is 0 Å². The molecule has 0 amide bonds. The number of ether oxygens (including phenoxy) is 1. The van der Waals surface area contributed by atoms with Crippen LogP contribution in [0.5, 0.6) is 0 Å². The lowest BCUT2D eigenvalue weighted by atomic mass is 9.97. The van der Waals surface area contributed by atoms with Crippen molar-refractivity contribution in [2.75, 3.05) is 24.2 Å². The van der Waals surface area contributed by atoms with Crippen LogP contribution in [0.25, 0.3) is 0 Å². The summed E-state index contributed by atoms with van der Waals surface area (Å²) in [5, 5.41) is 0. The van der Waals surface area contributed by atoms with Gasteiger partial charge in [0.2, 0.25) is 0 Å². The van der Waals surface area contributed by atoms with E-state index in [2.05, 4.69) is 50.8 Å². The largest absolute Gasteiger partial charge is 0.389 e. The second kappa shape index (κ2) is 5.78. The molecule has 2 rings (SSSR count). The van der Waals surface area contributed by atoms with E-state index >= 15 is 0 Å². The van der Waals surface area contributed by atoms with Gasteiger partial charge in [-0.1, -0.05) is 18.3 Å². The molecule has 0 aromatic heterocycles. The minimum atomic E-state index is -0.204. The van der Waals surface area contributed by atoms with Gasteiger partial charge in [0.15, 0.2) is 0 Å². The number of nitrogens with zero attached hydrogens (tertiary/aromatic N) is 1. The summed E-state index contributed by atoms with van der Waals surface area (Å²) in [4.78, 5) is 3.93. The first-order chi connectivity index (χ1) is 9.65. The Morgan fingerprint density at radius 2 is 1.81 bits per heavy atom. The van der Waals surface area contributed by atoms with Gasteiger partial charge in [0.25, 0.3) is 0 Å². The van der Waals surface area contributed by atoms with Crippen LogP contribution in [0, 0.1) is 0 Å². The molecule has 21 heavy (non-hydrogen) atoms. The number of benzene rings is 1. The van der Waals surface area contributed by atoms with Crippen molar-refractivity contribution in [1.82, 2.24) is 0 Å². The fraction of sp³-hybridized carbons (Fsp3) is 0.562. The number of rotatable bonds is 3. The lowest BCUT2D eigenvalue weighted by Gasteiger charge is -2.48. The predicted molar refractivity (Wildman–Crippen MR) is 95.6 cm³/mol. The number of hydrogen-bond acceptors (Lipinski definition) is 4. The molecule has 1 aliphatic heterocycles. The van der Waals surface area contributed by atoms with Crippen LogP contribution in [0.2, 0.25) is 0 Å². The molecule has 0 aliphatic carbocycles. The number of hydrogen-bond donors (Lipinski definition) is 1. The molecule has 1 fully saturated rings. The van der Waals surface area contributed by atoms with E-state index in [9.17, 15) is 0 Å². The Bertz CT molecular complexity index is 539. The number of nitrogens with two attached hydrogens (primary N) is 1. The van der Waals surface area contributed by atoms with Gasteiger partial charge >= 0.3 is 0 Å². The lowest BCUT2D eigenvalue weighted by molar-refractivity contribution is -0.133. The Hall–Kier alpha value is -0.780. The van der Waals surface area contributed by atoms with Crippen molar-refractivity contribution in [1.29, 1.82) is 0 Å². The monoisotopic (exact) mass is 324 g/mol. The molecule has 1 saturated heterocycles. The molecule has 3 nitrogen and oxygen atoms in total. The standard InChI is InChI=1S/C16H24N2OS2/c1-15(2)9-18(10-16(3,4)19-15)11-7-6-8-12(21-5)13(11)14(17)20/h6-8H,9-10H2,1-5H3,(H2,17,20). The smallest absolute Gasteiger partial charge is 0.107 e. The summed E-state index contributed by atoms with van der Waals surface area (Å²) in [6.45, 7) is 10.1. The Morgan fingerprint density at radius 1 is 1.24 bits per heavy atom. The first kappa shape index (κ1) is 16.6. The Labute approximate surface area is 137 Å². The summed E-state index contributed by atoms with van der Waals surface area (Å²) in [6.07, 6.45) is 2.05. The predicted octanol–water partition coefficient (Wildman–Crippen LogP) is 3.44. The molecule has 0 radical (unpaired) electrons. The van der Waals surface area contributed by atoms with Crippen LogP contribution >= 0.6 is 24.0 Å². The average Bonchev–Trinajstić information content (AvgIpc) is 2.33. The van der Waals surface area contributed by atoms with Crippen LogP contribution < -0.4 is 10.6 Å². The number of anilines is 1. The first-order valence-electron chi connectivity index (χ1n) is 7.07. The molecule has 0 saturated carbocycles. The van der Waals surface area contributed by atoms with E-state index in [-0.39, 0.29) is 11.2 Å². The van der Waals surface area contributed by atoms with Crippen LogP contribution in [0.1, 0.15) is 33.3 Å². The highest BCUT2D eigenvalue weighted by Crippen LogP contribution is 2.35. The molecule has 5 heteroatoms. The molecule has 0 atom stereocenters. The highest BCUT2D eigenvalue weighted by atomic mass is 32.2. The minimum absolute atomic E-state index is 0.204. The van der Waals surface area contributed by atoms with Crippen LogP contribution in [-0.4, -0.2) is 35.5 Å². The SMILES string of the molecule is CSc1cccc(N2CC(C)(C)OC(C)(C)C2)c1C(N)=S. The van der Waals surface area contributed by atoms with Crippen molar-refractivity contribution in [3.63, 3.8) is 0 Å². The second-order valence-corrected chi connectivity index (χ2v) is 7.98. The molecule has 0 unspecified atom stereocenters. The topological polar surface area (TPSA) is 38.5 Å². The number of morpholine rings is 1. The fourth-order valence-corrected chi connectivity index (χ4v) is 4.07. The van der Waals surface area contributed by atoms with Crippen LogP contribution in [-0.2, 0) is 4.74 Å². The van der Waals surface area contributed by atoms with Gasteiger partial charge in [0, 0.05) is 29.2 Å². The maximum absolute atomic E-state index is 6.16. The van der Waals surface area contributed by atoms with Crippen molar-refractivity contribution in [2.24, 2.45) is 5.73 Å². The zero-order valence-electron chi connectivity index (χ0n) is 13.4. The molecule has 1 aromatic carbocycles. The molecule has 1 aromatic rings. The Kier molecular flexibility index (Phi) is 4.57. The maximum atomic E-state index is 6.16. The molecular formula is C16H24N2OS2. The molecule has 1 heterocycles. The molecule has 0 spiro atoms. The third kappa shape index (κ3) is 3.71. The van der Waals surface area contributed by atoms with Crippen LogP contribution in [0.4, 0.5) is 5.69 Å². The maximum Gasteiger partial charge on any atom is 0.107 e. The molecule has 0 bridgehead atoms. The van der Waals surface area contributed by atoms with Gasteiger partial charge in [-0.05, 0) is 46.1 Å². The molecule has 2 N–H and O–H groups in total. The third-order valence-electron chi connectivity index (χ3n) is 3.51. The van der Waals surface area contributed by atoms with E-state index in [1.165, 1.54) is 0 Å². The molecule has 1 aliphatic rings. The second-order valence-electron chi connectivity index (χ2n) is 6.70. The average molecular weight is 325 g/mol. The van der Waals surface area contributed by atoms with E-state index in [0.29, 0.717) is 4.99 Å². The van der Waals surface area contributed by atoms with Crippen LogP contribution in [0.3, 0.4) is 0 Å². The van der Waals surface area contributed by atoms with Crippen molar-refractivity contribution in [3.8, 4) is 0 Å². The Balaban J connectivity index is 2.48. The summed E-state index contributed by atoms with van der Waals surface area (Å²) in [6, 6.07) is 6.24. The summed E-state index contributed by atoms with van der Waals surface area (Å²) in [5.74, 6) is 0. The quantitative estimate of drug-likeness (QED) is 0.681. The summed E-state index contributed by atoms with van der Waals surface area (Å²) >= 11 is 6.97. The van der Waals surface area contributed by atoms with Crippen LogP contribution in [0.15, 0.2) is 23.1 Å². The fourth-order valence-electron chi connectivity index (χ4n) is 3.16. The van der Waals surface area contributed by atoms with Crippen molar-refractivity contribution in [3.05, 3.63) is 23.8 Å². The highest BCUT2D eigenvalue weighted by molar-refractivity contribution is 7.98. The highest BCUT2D eigenvalue weighted by Gasteiger charge is 2.39. The first-order valence-corrected chi connectivity index (χ1v) is 8.70. The van der Waals surface area contributed by atoms with E-state index in [0.717, 1.165) is 29.2 Å². The zero-order valence-corrected chi connectivity index (χ0v) is 15.0. The number of thiocarbonyl (C=S) groups is 1. The van der Waals surface area contributed by atoms with E-state index in [1.807, 2.05) is 6.26 Å². The van der Waals surface area contributed by atoms with Gasteiger partial charge < -0.3 is 15.4 Å².